The molecule has 2 atom stereocenters. The molecule has 1 heterocycles. The van der Waals surface area contributed by atoms with Crippen molar-refractivity contribution >= 4 is 39.1 Å². The van der Waals surface area contributed by atoms with E-state index < -0.39 is 5.97 Å². The van der Waals surface area contributed by atoms with Crippen LogP contribution in [0.2, 0.25) is 0 Å². The van der Waals surface area contributed by atoms with E-state index in [0.717, 1.165) is 10.2 Å². The van der Waals surface area contributed by atoms with E-state index in [9.17, 15) is 9.59 Å². The Morgan fingerprint density at radius 3 is 2.76 bits per heavy atom. The molecule has 6 heteroatoms. The summed E-state index contributed by atoms with van der Waals surface area (Å²) < 4.78 is 0.914. The molecular weight excluding hydrogens is 306 g/mol. The molecule has 0 saturated heterocycles. The first-order valence-electron chi connectivity index (χ1n) is 5.34. The van der Waals surface area contributed by atoms with Gasteiger partial charge in [-0.15, -0.1) is 11.3 Å². The third-order valence-electron chi connectivity index (χ3n) is 2.95. The van der Waals surface area contributed by atoms with Crippen LogP contribution in [0.1, 0.15) is 29.6 Å². The van der Waals surface area contributed by atoms with Crippen LogP contribution < -0.4 is 5.32 Å². The molecule has 0 aromatic carbocycles. The maximum absolute atomic E-state index is 11.8. The lowest BCUT2D eigenvalue weighted by atomic mass is 10.1. The lowest BCUT2D eigenvalue weighted by Gasteiger charge is -2.11. The van der Waals surface area contributed by atoms with Crippen LogP contribution in [0, 0.1) is 5.92 Å². The summed E-state index contributed by atoms with van der Waals surface area (Å²) in [4.78, 5) is 22.6. The van der Waals surface area contributed by atoms with Crippen molar-refractivity contribution in [3.05, 3.63) is 20.8 Å². The average Bonchev–Trinajstić information content (AvgIpc) is 2.86. The fourth-order valence-electron chi connectivity index (χ4n) is 2.03. The minimum absolute atomic E-state index is 0.0118. The largest absolute Gasteiger partial charge is 0.481 e. The van der Waals surface area contributed by atoms with Gasteiger partial charge in [0.25, 0.3) is 5.91 Å². The monoisotopic (exact) mass is 317 g/mol. The summed E-state index contributed by atoms with van der Waals surface area (Å²) in [6.45, 7) is 0. The van der Waals surface area contributed by atoms with Crippen molar-refractivity contribution in [3.63, 3.8) is 0 Å². The van der Waals surface area contributed by atoms with Crippen molar-refractivity contribution < 1.29 is 14.7 Å². The molecule has 0 radical (unpaired) electrons. The van der Waals surface area contributed by atoms with E-state index in [-0.39, 0.29) is 17.9 Å². The number of halogens is 1. The summed E-state index contributed by atoms with van der Waals surface area (Å²) in [5.74, 6) is -1.20. The molecule has 2 N–H and O–H groups in total. The Bertz CT molecular complexity index is 446. The molecule has 0 bridgehead atoms. The molecule has 0 spiro atoms. The van der Waals surface area contributed by atoms with E-state index >= 15 is 0 Å². The summed E-state index contributed by atoms with van der Waals surface area (Å²) in [6.07, 6.45) is 1.92. The first-order valence-corrected chi connectivity index (χ1v) is 7.01. The maximum Gasteiger partial charge on any atom is 0.306 e. The molecule has 0 aliphatic heterocycles. The fourth-order valence-corrected chi connectivity index (χ4v) is 3.17. The molecule has 1 aliphatic rings. The number of thiophene rings is 1. The number of hydrogen-bond acceptors (Lipinski definition) is 3. The van der Waals surface area contributed by atoms with E-state index in [1.54, 1.807) is 11.4 Å². The molecule has 4 nitrogen and oxygen atoms in total. The normalized spacial score (nSPS) is 23.6. The number of hydrogen-bond donors (Lipinski definition) is 2. The lowest BCUT2D eigenvalue weighted by molar-refractivity contribution is -0.141. The van der Waals surface area contributed by atoms with Gasteiger partial charge in [-0.25, -0.2) is 0 Å². The lowest BCUT2D eigenvalue weighted by Crippen LogP contribution is -2.33. The smallest absolute Gasteiger partial charge is 0.306 e. The summed E-state index contributed by atoms with van der Waals surface area (Å²) in [5, 5.41) is 13.5. The molecule has 17 heavy (non-hydrogen) atoms. The van der Waals surface area contributed by atoms with Gasteiger partial charge in [-0.05, 0) is 41.3 Å². The Balaban J connectivity index is 1.90. The number of aliphatic carboxylic acids is 1. The highest BCUT2D eigenvalue weighted by Crippen LogP contribution is 2.26. The minimum Gasteiger partial charge on any atom is -0.481 e. The van der Waals surface area contributed by atoms with E-state index in [1.807, 2.05) is 0 Å². The molecule has 1 aliphatic carbocycles. The second-order valence-corrected chi connectivity index (χ2v) is 6.45. The second kappa shape index (κ2) is 5.18. The number of rotatable bonds is 3. The zero-order chi connectivity index (χ0) is 12.4. The number of carboxylic acids is 1. The standard InChI is InChI=1S/C11H12BrNO3S/c12-9-4-7(5-17-9)10(14)13-8-2-1-6(3-8)11(15)16/h4-6,8H,1-3H2,(H,13,14)(H,15,16)/t6-,8+/m0/s1. The molecule has 1 aromatic heterocycles. The third-order valence-corrected chi connectivity index (χ3v) is 4.45. The predicted octanol–water partition coefficient (Wildman–Crippen LogP) is 2.49. The SMILES string of the molecule is O=C(N[C@@H]1CC[C@H](C(=O)O)C1)c1csc(Br)c1. The number of nitrogens with one attached hydrogen (secondary N) is 1. The second-order valence-electron chi connectivity index (χ2n) is 4.16. The van der Waals surface area contributed by atoms with Crippen LogP contribution in [-0.4, -0.2) is 23.0 Å². The first kappa shape index (κ1) is 12.6. The Kier molecular flexibility index (Phi) is 3.83. The molecule has 92 valence electrons. The zero-order valence-electron chi connectivity index (χ0n) is 8.98. The van der Waals surface area contributed by atoms with E-state index in [4.69, 9.17) is 5.11 Å². The van der Waals surface area contributed by atoms with Gasteiger partial charge >= 0.3 is 5.97 Å². The van der Waals surface area contributed by atoms with Gasteiger partial charge in [-0.3, -0.25) is 9.59 Å². The minimum atomic E-state index is -0.764. The number of carbonyl (C=O) groups excluding carboxylic acids is 1. The topological polar surface area (TPSA) is 66.4 Å². The van der Waals surface area contributed by atoms with E-state index in [2.05, 4.69) is 21.2 Å². The molecule has 0 unspecified atom stereocenters. The van der Waals surface area contributed by atoms with Crippen LogP contribution in [0.3, 0.4) is 0 Å². The van der Waals surface area contributed by atoms with Crippen molar-refractivity contribution in [2.24, 2.45) is 5.92 Å². The first-order chi connectivity index (χ1) is 8.06. The van der Waals surface area contributed by atoms with Crippen molar-refractivity contribution in [1.82, 2.24) is 5.32 Å². The van der Waals surface area contributed by atoms with Crippen LogP contribution in [0.25, 0.3) is 0 Å². The highest BCUT2D eigenvalue weighted by atomic mass is 79.9. The molecular formula is C11H12BrNO3S. The summed E-state index contributed by atoms with van der Waals surface area (Å²) in [5.41, 5.74) is 0.626. The quantitative estimate of drug-likeness (QED) is 0.900. The molecule has 1 aromatic rings. The highest BCUT2D eigenvalue weighted by molar-refractivity contribution is 9.11. The van der Waals surface area contributed by atoms with Gasteiger partial charge in [0.05, 0.1) is 15.3 Å². The van der Waals surface area contributed by atoms with Crippen molar-refractivity contribution in [2.75, 3.05) is 0 Å². The zero-order valence-corrected chi connectivity index (χ0v) is 11.4. The van der Waals surface area contributed by atoms with Crippen molar-refractivity contribution in [2.45, 2.75) is 25.3 Å². The Morgan fingerprint density at radius 1 is 1.47 bits per heavy atom. The predicted molar refractivity (Wildman–Crippen MR) is 68.3 cm³/mol. The van der Waals surface area contributed by atoms with Crippen molar-refractivity contribution in [3.8, 4) is 0 Å². The molecule has 1 fully saturated rings. The van der Waals surface area contributed by atoms with Gasteiger partial charge < -0.3 is 10.4 Å². The Labute approximate surface area is 111 Å². The fraction of sp³-hybridized carbons (Fsp3) is 0.455. The van der Waals surface area contributed by atoms with Crippen LogP contribution >= 0.6 is 27.3 Å². The van der Waals surface area contributed by atoms with Gasteiger partial charge in [-0.1, -0.05) is 0 Å². The van der Waals surface area contributed by atoms with Gasteiger partial charge in [-0.2, -0.15) is 0 Å². The molecule has 1 saturated carbocycles. The van der Waals surface area contributed by atoms with Gasteiger partial charge in [0, 0.05) is 11.4 Å². The third kappa shape index (κ3) is 3.07. The summed E-state index contributed by atoms with van der Waals surface area (Å²) >= 11 is 4.76. The molecule has 2 rings (SSSR count). The van der Waals surface area contributed by atoms with Gasteiger partial charge in [0.2, 0.25) is 0 Å². The van der Waals surface area contributed by atoms with Crippen molar-refractivity contribution in [1.29, 1.82) is 0 Å². The Morgan fingerprint density at radius 2 is 2.24 bits per heavy atom. The van der Waals surface area contributed by atoms with Gasteiger partial charge in [0.1, 0.15) is 0 Å². The van der Waals surface area contributed by atoms with Crippen LogP contribution in [0.5, 0.6) is 0 Å². The van der Waals surface area contributed by atoms with Gasteiger partial charge in [0.15, 0.2) is 0 Å². The number of amides is 1. The number of carboxylic acid groups (broad SMARTS) is 1. The molecule has 1 amide bonds. The summed E-state index contributed by atoms with van der Waals surface area (Å²) in [7, 11) is 0. The Hall–Kier alpha value is -0.880. The van der Waals surface area contributed by atoms with E-state index in [0.29, 0.717) is 18.4 Å². The van der Waals surface area contributed by atoms with Crippen LogP contribution in [0.4, 0.5) is 0 Å². The van der Waals surface area contributed by atoms with Crippen LogP contribution in [0.15, 0.2) is 15.2 Å². The highest BCUT2D eigenvalue weighted by Gasteiger charge is 2.30. The maximum atomic E-state index is 11.8. The average molecular weight is 318 g/mol. The van der Waals surface area contributed by atoms with Crippen LogP contribution in [-0.2, 0) is 4.79 Å². The van der Waals surface area contributed by atoms with E-state index in [1.165, 1.54) is 11.3 Å². The number of carbonyl (C=O) groups is 2. The summed E-state index contributed by atoms with van der Waals surface area (Å²) in [6, 6.07) is 1.76.